The van der Waals surface area contributed by atoms with Gasteiger partial charge in [0.2, 0.25) is 0 Å². The summed E-state index contributed by atoms with van der Waals surface area (Å²) >= 11 is 0. The molecular weight excluding hydrogens is 229 g/mol. The third-order valence-electron chi connectivity index (χ3n) is 2.98. The predicted octanol–water partition coefficient (Wildman–Crippen LogP) is 2.66. The van der Waals surface area contributed by atoms with Crippen molar-refractivity contribution in [2.45, 2.75) is 20.3 Å². The summed E-state index contributed by atoms with van der Waals surface area (Å²) < 4.78 is 13.2. The van der Waals surface area contributed by atoms with Gasteiger partial charge < -0.3 is 10.7 Å². The Balaban J connectivity index is 2.29. The number of hydrogen-bond donors (Lipinski definition) is 2. The first-order valence-electron chi connectivity index (χ1n) is 6.11. The summed E-state index contributed by atoms with van der Waals surface area (Å²) in [5.41, 5.74) is 8.18. The first-order valence-corrected chi connectivity index (χ1v) is 6.11. The molecule has 0 aliphatic carbocycles. The van der Waals surface area contributed by atoms with Gasteiger partial charge in [-0.2, -0.15) is 0 Å². The highest BCUT2D eigenvalue weighted by Gasteiger charge is 2.11. The van der Waals surface area contributed by atoms with Crippen LogP contribution >= 0.6 is 0 Å². The monoisotopic (exact) mass is 247 g/mol. The van der Waals surface area contributed by atoms with E-state index >= 15 is 0 Å². The third kappa shape index (κ3) is 2.76. The van der Waals surface area contributed by atoms with Crippen molar-refractivity contribution in [3.8, 4) is 11.3 Å². The van der Waals surface area contributed by atoms with E-state index in [9.17, 15) is 4.39 Å². The highest BCUT2D eigenvalue weighted by Crippen LogP contribution is 2.22. The van der Waals surface area contributed by atoms with Crippen LogP contribution < -0.4 is 5.73 Å². The molecular formula is C14H18FN3. The van der Waals surface area contributed by atoms with Gasteiger partial charge in [0, 0.05) is 17.7 Å². The first kappa shape index (κ1) is 12.8. The number of halogens is 1. The van der Waals surface area contributed by atoms with Gasteiger partial charge in [-0.15, -0.1) is 0 Å². The molecule has 1 atom stereocenters. The predicted molar refractivity (Wildman–Crippen MR) is 70.6 cm³/mol. The Morgan fingerprint density at radius 3 is 2.89 bits per heavy atom. The normalized spacial score (nSPS) is 12.7. The molecule has 0 fully saturated rings. The van der Waals surface area contributed by atoms with Crippen LogP contribution in [-0.2, 0) is 6.42 Å². The lowest BCUT2D eigenvalue weighted by atomic mass is 10.1. The molecule has 0 spiro atoms. The Kier molecular flexibility index (Phi) is 3.77. The summed E-state index contributed by atoms with van der Waals surface area (Å²) in [7, 11) is 0. The lowest BCUT2D eigenvalue weighted by Crippen LogP contribution is -2.13. The molecule has 3 N–H and O–H groups in total. The van der Waals surface area contributed by atoms with E-state index in [1.165, 1.54) is 12.1 Å². The van der Waals surface area contributed by atoms with E-state index in [4.69, 9.17) is 5.73 Å². The molecule has 0 aliphatic rings. The smallest absolute Gasteiger partial charge is 0.123 e. The fraction of sp³-hybridized carbons (Fsp3) is 0.357. The zero-order valence-corrected chi connectivity index (χ0v) is 10.7. The Labute approximate surface area is 106 Å². The molecule has 18 heavy (non-hydrogen) atoms. The minimum atomic E-state index is -0.244. The number of imidazole rings is 1. The van der Waals surface area contributed by atoms with E-state index in [-0.39, 0.29) is 5.82 Å². The van der Waals surface area contributed by atoms with Crippen LogP contribution in [0, 0.1) is 18.7 Å². The second-order valence-electron chi connectivity index (χ2n) is 4.71. The minimum Gasteiger partial charge on any atom is -0.346 e. The molecule has 0 amide bonds. The maximum Gasteiger partial charge on any atom is 0.123 e. The largest absolute Gasteiger partial charge is 0.346 e. The molecule has 3 nitrogen and oxygen atoms in total. The van der Waals surface area contributed by atoms with E-state index in [1.807, 2.05) is 13.0 Å². The molecule has 0 bridgehead atoms. The lowest BCUT2D eigenvalue weighted by molar-refractivity contribution is 0.577. The molecule has 0 radical (unpaired) electrons. The van der Waals surface area contributed by atoms with Crippen LogP contribution in [0.25, 0.3) is 11.3 Å². The van der Waals surface area contributed by atoms with Gasteiger partial charge in [-0.05, 0) is 31.5 Å². The Morgan fingerprint density at radius 2 is 2.22 bits per heavy atom. The second-order valence-corrected chi connectivity index (χ2v) is 4.71. The number of aryl methyl sites for hydroxylation is 1. The summed E-state index contributed by atoms with van der Waals surface area (Å²) in [5, 5.41) is 0. The summed E-state index contributed by atoms with van der Waals surface area (Å²) in [5.74, 6) is 1.05. The highest BCUT2D eigenvalue weighted by molar-refractivity contribution is 5.61. The summed E-state index contributed by atoms with van der Waals surface area (Å²) in [6.07, 6.45) is 0.812. The Hall–Kier alpha value is -1.68. The van der Waals surface area contributed by atoms with Crippen molar-refractivity contribution in [2.75, 3.05) is 6.54 Å². The number of rotatable bonds is 4. The van der Waals surface area contributed by atoms with Crippen molar-refractivity contribution in [1.82, 2.24) is 9.97 Å². The topological polar surface area (TPSA) is 54.7 Å². The quantitative estimate of drug-likeness (QED) is 0.872. The standard InChI is InChI=1S/C14H18FN3/c1-9(8-16)6-13-17-10(2)14(18-13)11-4-3-5-12(15)7-11/h3-5,7,9H,6,8,16H2,1-2H3,(H,17,18). The van der Waals surface area contributed by atoms with Crippen LogP contribution in [-0.4, -0.2) is 16.5 Å². The Morgan fingerprint density at radius 1 is 1.44 bits per heavy atom. The third-order valence-corrected chi connectivity index (χ3v) is 2.98. The number of nitrogens with two attached hydrogens (primary N) is 1. The van der Waals surface area contributed by atoms with Crippen molar-refractivity contribution >= 4 is 0 Å². The van der Waals surface area contributed by atoms with Gasteiger partial charge in [-0.25, -0.2) is 9.37 Å². The van der Waals surface area contributed by atoms with Gasteiger partial charge in [-0.1, -0.05) is 19.1 Å². The van der Waals surface area contributed by atoms with Crippen LogP contribution in [0.3, 0.4) is 0 Å². The number of nitrogens with zero attached hydrogens (tertiary/aromatic N) is 1. The van der Waals surface area contributed by atoms with E-state index in [2.05, 4.69) is 16.9 Å². The van der Waals surface area contributed by atoms with Gasteiger partial charge in [0.15, 0.2) is 0 Å². The maximum absolute atomic E-state index is 13.2. The van der Waals surface area contributed by atoms with Gasteiger partial charge in [0.25, 0.3) is 0 Å². The van der Waals surface area contributed by atoms with Crippen molar-refractivity contribution in [3.05, 3.63) is 41.6 Å². The molecule has 1 unspecified atom stereocenters. The SMILES string of the molecule is Cc1[nH]c(CC(C)CN)nc1-c1cccc(F)c1. The zero-order valence-electron chi connectivity index (χ0n) is 10.7. The zero-order chi connectivity index (χ0) is 13.1. The number of benzene rings is 1. The van der Waals surface area contributed by atoms with Crippen molar-refractivity contribution < 1.29 is 4.39 Å². The molecule has 0 aliphatic heterocycles. The number of aromatic amines is 1. The summed E-state index contributed by atoms with van der Waals surface area (Å²) in [6, 6.07) is 6.49. The molecule has 0 saturated carbocycles. The van der Waals surface area contributed by atoms with E-state index in [1.54, 1.807) is 6.07 Å². The molecule has 1 aromatic carbocycles. The van der Waals surface area contributed by atoms with E-state index < -0.39 is 0 Å². The summed E-state index contributed by atoms with van der Waals surface area (Å²) in [6.45, 7) is 4.67. The number of hydrogen-bond acceptors (Lipinski definition) is 2. The number of aromatic nitrogens is 2. The molecule has 2 aromatic rings. The highest BCUT2D eigenvalue weighted by atomic mass is 19.1. The maximum atomic E-state index is 13.2. The number of nitrogens with one attached hydrogen (secondary N) is 1. The molecule has 2 rings (SSSR count). The van der Waals surface area contributed by atoms with Crippen molar-refractivity contribution in [2.24, 2.45) is 11.7 Å². The fourth-order valence-electron chi connectivity index (χ4n) is 1.95. The average Bonchev–Trinajstić information content (AvgIpc) is 2.70. The molecule has 1 heterocycles. The molecule has 0 saturated heterocycles. The molecule has 4 heteroatoms. The van der Waals surface area contributed by atoms with Gasteiger partial charge >= 0.3 is 0 Å². The average molecular weight is 247 g/mol. The molecule has 96 valence electrons. The Bertz CT molecular complexity index is 534. The second kappa shape index (κ2) is 5.31. The van der Waals surface area contributed by atoms with Crippen LogP contribution in [0.1, 0.15) is 18.4 Å². The van der Waals surface area contributed by atoms with Crippen LogP contribution in [0.2, 0.25) is 0 Å². The van der Waals surface area contributed by atoms with Gasteiger partial charge in [-0.3, -0.25) is 0 Å². The van der Waals surface area contributed by atoms with E-state index in [0.29, 0.717) is 12.5 Å². The first-order chi connectivity index (χ1) is 8.60. The van der Waals surface area contributed by atoms with Crippen LogP contribution in [0.15, 0.2) is 24.3 Å². The van der Waals surface area contributed by atoms with Crippen molar-refractivity contribution in [3.63, 3.8) is 0 Å². The van der Waals surface area contributed by atoms with Crippen LogP contribution in [0.5, 0.6) is 0 Å². The van der Waals surface area contributed by atoms with Crippen LogP contribution in [0.4, 0.5) is 4.39 Å². The van der Waals surface area contributed by atoms with Gasteiger partial charge in [0.1, 0.15) is 11.6 Å². The fourth-order valence-corrected chi connectivity index (χ4v) is 1.95. The van der Waals surface area contributed by atoms with Gasteiger partial charge in [0.05, 0.1) is 5.69 Å². The lowest BCUT2D eigenvalue weighted by Gasteiger charge is -2.04. The molecule has 1 aromatic heterocycles. The summed E-state index contributed by atoms with van der Waals surface area (Å²) in [4.78, 5) is 7.77. The number of H-pyrrole nitrogens is 1. The van der Waals surface area contributed by atoms with E-state index in [0.717, 1.165) is 29.2 Å². The van der Waals surface area contributed by atoms with Crippen molar-refractivity contribution in [1.29, 1.82) is 0 Å². The minimum absolute atomic E-state index is 0.244.